The van der Waals surface area contributed by atoms with E-state index in [4.69, 9.17) is 9.47 Å². The lowest BCUT2D eigenvalue weighted by Gasteiger charge is -2.23. The highest BCUT2D eigenvalue weighted by Gasteiger charge is 2.25. The minimum Gasteiger partial charge on any atom is -0.494 e. The molecule has 0 amide bonds. The van der Waals surface area contributed by atoms with Crippen molar-refractivity contribution in [2.75, 3.05) is 18.0 Å². The number of rotatable bonds is 8. The van der Waals surface area contributed by atoms with Gasteiger partial charge in [-0.1, -0.05) is 30.3 Å². The van der Waals surface area contributed by atoms with Gasteiger partial charge in [0.15, 0.2) is 11.6 Å². The van der Waals surface area contributed by atoms with E-state index >= 15 is 0 Å². The topological polar surface area (TPSA) is 55.8 Å². The van der Waals surface area contributed by atoms with Gasteiger partial charge in [-0.3, -0.25) is 4.31 Å². The maximum atomic E-state index is 14.0. The van der Waals surface area contributed by atoms with Crippen molar-refractivity contribution in [3.63, 3.8) is 0 Å². The molecule has 0 bridgehead atoms. The zero-order valence-corrected chi connectivity index (χ0v) is 17.0. The number of hydrogen-bond acceptors (Lipinski definition) is 4. The first-order valence-corrected chi connectivity index (χ1v) is 10.5. The fraction of sp³-hybridized carbons (Fsp3) is 0.182. The summed E-state index contributed by atoms with van der Waals surface area (Å²) in [6.45, 7) is 2.33. The zero-order chi connectivity index (χ0) is 20.9. The summed E-state index contributed by atoms with van der Waals surface area (Å²) in [7, 11) is -2.60. The molecule has 3 aromatic rings. The Morgan fingerprint density at radius 3 is 2.24 bits per heavy atom. The van der Waals surface area contributed by atoms with E-state index in [1.54, 1.807) is 31.2 Å². The molecule has 0 aromatic heterocycles. The molecule has 152 valence electrons. The third-order valence-corrected chi connectivity index (χ3v) is 6.27. The van der Waals surface area contributed by atoms with Crippen LogP contribution in [0.1, 0.15) is 12.5 Å². The van der Waals surface area contributed by atoms with Crippen molar-refractivity contribution in [2.24, 2.45) is 0 Å². The van der Waals surface area contributed by atoms with Crippen LogP contribution in [0.4, 0.5) is 10.1 Å². The summed E-state index contributed by atoms with van der Waals surface area (Å²) < 4.78 is 51.8. The monoisotopic (exact) mass is 415 g/mol. The Morgan fingerprint density at radius 2 is 1.66 bits per heavy atom. The van der Waals surface area contributed by atoms with Gasteiger partial charge in [0.2, 0.25) is 0 Å². The fourth-order valence-electron chi connectivity index (χ4n) is 2.88. The van der Waals surface area contributed by atoms with Gasteiger partial charge in [-0.25, -0.2) is 12.8 Å². The van der Waals surface area contributed by atoms with Gasteiger partial charge in [0.05, 0.1) is 17.7 Å². The lowest BCUT2D eigenvalue weighted by molar-refractivity contribution is 0.306. The quantitative estimate of drug-likeness (QED) is 0.538. The summed E-state index contributed by atoms with van der Waals surface area (Å²) in [5.41, 5.74) is 1.51. The molecule has 0 aliphatic carbocycles. The molecule has 0 saturated heterocycles. The molecule has 29 heavy (non-hydrogen) atoms. The Bertz CT molecular complexity index is 1050. The molecule has 7 heteroatoms. The molecule has 0 saturated carbocycles. The fourth-order valence-corrected chi connectivity index (χ4v) is 4.36. The van der Waals surface area contributed by atoms with Gasteiger partial charge in [0.1, 0.15) is 12.4 Å². The zero-order valence-electron chi connectivity index (χ0n) is 16.2. The van der Waals surface area contributed by atoms with Crippen LogP contribution in [0.15, 0.2) is 77.7 Å². The molecule has 0 N–H and O–H groups in total. The van der Waals surface area contributed by atoms with Crippen LogP contribution in [0.2, 0.25) is 0 Å². The van der Waals surface area contributed by atoms with Crippen LogP contribution in [-0.4, -0.2) is 22.1 Å². The van der Waals surface area contributed by atoms with Gasteiger partial charge in [0, 0.05) is 6.54 Å². The Hall–Kier alpha value is -3.06. The molecule has 0 radical (unpaired) electrons. The van der Waals surface area contributed by atoms with Gasteiger partial charge in [-0.15, -0.1) is 0 Å². The van der Waals surface area contributed by atoms with E-state index in [0.717, 1.165) is 11.6 Å². The number of halogens is 1. The average molecular weight is 415 g/mol. The Kier molecular flexibility index (Phi) is 6.39. The van der Waals surface area contributed by atoms with Gasteiger partial charge in [-0.05, 0) is 55.0 Å². The number of nitrogens with zero attached hydrogens (tertiary/aromatic N) is 1. The summed E-state index contributed by atoms with van der Waals surface area (Å²) >= 11 is 0. The number of methoxy groups -OCH3 is 1. The second kappa shape index (κ2) is 8.96. The van der Waals surface area contributed by atoms with Crippen LogP contribution >= 0.6 is 0 Å². The number of benzene rings is 3. The predicted octanol–water partition coefficient (Wildman–Crippen LogP) is 4.63. The Labute approximate surface area is 170 Å². The van der Waals surface area contributed by atoms with E-state index in [1.165, 1.54) is 23.5 Å². The first kappa shape index (κ1) is 20.7. The molecule has 0 fully saturated rings. The maximum absolute atomic E-state index is 14.0. The number of sulfonamides is 1. The van der Waals surface area contributed by atoms with Gasteiger partial charge >= 0.3 is 0 Å². The average Bonchev–Trinajstić information content (AvgIpc) is 2.74. The molecular weight excluding hydrogens is 393 g/mol. The number of anilines is 1. The van der Waals surface area contributed by atoms with Crippen molar-refractivity contribution < 1.29 is 22.3 Å². The molecule has 0 unspecified atom stereocenters. The molecular formula is C22H22FNO4S. The SMILES string of the molecule is CCN(c1ccc(OCc2ccccc2)cc1)S(=O)(=O)c1ccc(OC)c(F)c1. The van der Waals surface area contributed by atoms with Crippen molar-refractivity contribution >= 4 is 15.7 Å². The van der Waals surface area contributed by atoms with E-state index in [-0.39, 0.29) is 17.2 Å². The van der Waals surface area contributed by atoms with Crippen molar-refractivity contribution in [1.82, 2.24) is 0 Å². The summed E-state index contributed by atoms with van der Waals surface area (Å²) in [5, 5.41) is 0. The van der Waals surface area contributed by atoms with Gasteiger partial charge < -0.3 is 9.47 Å². The van der Waals surface area contributed by atoms with Crippen molar-refractivity contribution in [2.45, 2.75) is 18.4 Å². The Balaban J connectivity index is 1.79. The molecule has 3 aromatic carbocycles. The second-order valence-corrected chi connectivity index (χ2v) is 8.10. The van der Waals surface area contributed by atoms with Crippen LogP contribution in [-0.2, 0) is 16.6 Å². The van der Waals surface area contributed by atoms with E-state index in [9.17, 15) is 12.8 Å². The highest BCUT2D eigenvalue weighted by atomic mass is 32.2. The molecule has 0 aliphatic heterocycles. The van der Waals surface area contributed by atoms with Crippen LogP contribution in [0.5, 0.6) is 11.5 Å². The van der Waals surface area contributed by atoms with Crippen LogP contribution < -0.4 is 13.8 Å². The second-order valence-electron chi connectivity index (χ2n) is 6.23. The van der Waals surface area contributed by atoms with Crippen LogP contribution in [0.3, 0.4) is 0 Å². The summed E-state index contributed by atoms with van der Waals surface area (Å²) in [5.74, 6) is -0.109. The first-order valence-electron chi connectivity index (χ1n) is 9.08. The molecule has 0 atom stereocenters. The van der Waals surface area contributed by atoms with Gasteiger partial charge in [0.25, 0.3) is 10.0 Å². The highest BCUT2D eigenvalue weighted by Crippen LogP contribution is 2.28. The normalized spacial score (nSPS) is 11.1. The smallest absolute Gasteiger partial charge is 0.264 e. The number of hydrogen-bond donors (Lipinski definition) is 0. The lowest BCUT2D eigenvalue weighted by atomic mass is 10.2. The summed E-state index contributed by atoms with van der Waals surface area (Å²) in [6.07, 6.45) is 0. The third kappa shape index (κ3) is 4.68. The van der Waals surface area contributed by atoms with Crippen LogP contribution in [0.25, 0.3) is 0 Å². The van der Waals surface area contributed by atoms with E-state index < -0.39 is 15.8 Å². The largest absolute Gasteiger partial charge is 0.494 e. The van der Waals surface area contributed by atoms with E-state index in [2.05, 4.69) is 0 Å². The number of ether oxygens (including phenoxy) is 2. The van der Waals surface area contributed by atoms with Crippen LogP contribution in [0, 0.1) is 5.82 Å². The maximum Gasteiger partial charge on any atom is 0.264 e. The summed E-state index contributed by atoms with van der Waals surface area (Å²) in [4.78, 5) is -0.137. The van der Waals surface area contributed by atoms with E-state index in [0.29, 0.717) is 18.0 Å². The minimum atomic E-state index is -3.92. The molecule has 0 spiro atoms. The van der Waals surface area contributed by atoms with Crippen molar-refractivity contribution in [3.05, 3.63) is 84.2 Å². The summed E-state index contributed by atoms with van der Waals surface area (Å²) in [6, 6.07) is 20.1. The van der Waals surface area contributed by atoms with E-state index in [1.807, 2.05) is 30.3 Å². The highest BCUT2D eigenvalue weighted by molar-refractivity contribution is 7.92. The molecule has 3 rings (SSSR count). The minimum absolute atomic E-state index is 0.00748. The molecule has 0 heterocycles. The van der Waals surface area contributed by atoms with Crippen molar-refractivity contribution in [3.8, 4) is 11.5 Å². The van der Waals surface area contributed by atoms with Gasteiger partial charge in [-0.2, -0.15) is 0 Å². The third-order valence-electron chi connectivity index (χ3n) is 4.37. The standard InChI is InChI=1S/C22H22FNO4S/c1-3-24(29(25,26)20-13-14-22(27-2)21(23)15-20)18-9-11-19(12-10-18)28-16-17-7-5-4-6-8-17/h4-15H,3,16H2,1-2H3. The molecule has 5 nitrogen and oxygen atoms in total. The van der Waals surface area contributed by atoms with Crippen molar-refractivity contribution in [1.29, 1.82) is 0 Å². The Morgan fingerprint density at radius 1 is 0.966 bits per heavy atom. The first-order chi connectivity index (χ1) is 14.0. The molecule has 0 aliphatic rings. The lowest BCUT2D eigenvalue weighted by Crippen LogP contribution is -2.30. The predicted molar refractivity (Wildman–Crippen MR) is 110 cm³/mol.